The number of rotatable bonds is 15. The van der Waals surface area contributed by atoms with Gasteiger partial charge in [0.05, 0.1) is 17.7 Å². The van der Waals surface area contributed by atoms with Gasteiger partial charge in [-0.2, -0.15) is 0 Å². The molecule has 5 aromatic rings. The number of nitrogens with zero attached hydrogens (tertiary/aromatic N) is 2. The predicted octanol–water partition coefficient (Wildman–Crippen LogP) is 8.43. The van der Waals surface area contributed by atoms with Gasteiger partial charge in [-0.3, -0.25) is 33.8 Å². The minimum atomic E-state index is -1.01. The molecule has 5 aromatic carbocycles. The number of aromatic carboxylic acids is 1. The van der Waals surface area contributed by atoms with Crippen molar-refractivity contribution in [1.82, 2.24) is 9.80 Å². The molecule has 0 aromatic heterocycles. The van der Waals surface area contributed by atoms with Crippen LogP contribution < -0.4 is 9.47 Å². The zero-order chi connectivity index (χ0) is 57.3. The lowest BCUT2D eigenvalue weighted by atomic mass is 9.93. The highest BCUT2D eigenvalue weighted by Gasteiger charge is 2.50. The van der Waals surface area contributed by atoms with Crippen LogP contribution in [0, 0.1) is 0 Å². The number of benzene rings is 5. The first-order valence-corrected chi connectivity index (χ1v) is 28.3. The number of aliphatic hydroxyl groups is 2. The van der Waals surface area contributed by atoms with E-state index in [0.717, 1.165) is 31.5 Å². The van der Waals surface area contributed by atoms with Gasteiger partial charge in [-0.25, -0.2) is 9.59 Å². The number of hydrogen-bond donors (Lipinski definition) is 3. The second-order valence-corrected chi connectivity index (χ2v) is 22.1. The van der Waals surface area contributed by atoms with E-state index in [2.05, 4.69) is 14.5 Å². The monoisotopic (exact) mass is 1170 g/mol. The van der Waals surface area contributed by atoms with Crippen LogP contribution in [-0.2, 0) is 39.9 Å². The molecule has 438 valence electrons. The number of ketones is 4. The van der Waals surface area contributed by atoms with Crippen molar-refractivity contribution in [3.63, 3.8) is 0 Å². The maximum atomic E-state index is 12.7. The van der Waals surface area contributed by atoms with Gasteiger partial charge in [0.1, 0.15) is 76.1 Å². The molecule has 2 saturated heterocycles. The van der Waals surface area contributed by atoms with Crippen LogP contribution in [0.3, 0.4) is 0 Å². The number of hydrogen-bond acceptors (Lipinski definition) is 19. The topological polar surface area (TPSA) is 242 Å². The number of β-amino-alcohol motifs (C(OH)–C–C–N with tert-alkyl or cyclic N) is 2. The number of carbonyl (C=O) groups excluding carboxylic acids is 6. The van der Waals surface area contributed by atoms with E-state index < -0.39 is 58.5 Å². The molecule has 2 fully saturated rings. The normalized spacial score (nSPS) is 20.2. The number of thioether (sulfide) groups is 2. The van der Waals surface area contributed by atoms with Crippen molar-refractivity contribution in [1.29, 1.82) is 0 Å². The minimum absolute atomic E-state index is 0. The van der Waals surface area contributed by atoms with E-state index in [9.17, 15) is 43.8 Å². The van der Waals surface area contributed by atoms with E-state index in [1.54, 1.807) is 67.6 Å². The van der Waals surface area contributed by atoms with Gasteiger partial charge in [-0.05, 0) is 61.0 Å². The first-order chi connectivity index (χ1) is 39.0. The molecule has 4 aliphatic heterocycles. The van der Waals surface area contributed by atoms with Crippen molar-refractivity contribution in [2.24, 2.45) is 0 Å². The third-order valence-corrected chi connectivity index (χ3v) is 16.7. The molecule has 6 aliphatic rings. The molecule has 4 atom stereocenters. The van der Waals surface area contributed by atoms with E-state index in [0.29, 0.717) is 105 Å². The zero-order valence-electron chi connectivity index (χ0n) is 44.5. The Bertz CT molecular complexity index is 3260. The fraction of sp³-hybridized carbons (Fsp3) is 0.349. The molecule has 83 heavy (non-hydrogen) atoms. The van der Waals surface area contributed by atoms with Crippen LogP contribution >= 0.6 is 23.5 Å². The maximum absolute atomic E-state index is 12.7. The Labute approximate surface area is 490 Å². The predicted molar refractivity (Wildman–Crippen MR) is 314 cm³/mol. The van der Waals surface area contributed by atoms with Crippen molar-refractivity contribution < 1.29 is 77.3 Å². The lowest BCUT2D eigenvalue weighted by molar-refractivity contribution is -0.140. The van der Waals surface area contributed by atoms with Gasteiger partial charge in [0.15, 0.2) is 0 Å². The van der Waals surface area contributed by atoms with Crippen LogP contribution in [-0.4, -0.2) is 160 Å². The lowest BCUT2D eigenvalue weighted by Crippen LogP contribution is -2.44. The van der Waals surface area contributed by atoms with Gasteiger partial charge in [0.2, 0.25) is 23.1 Å². The molecule has 0 radical (unpaired) electrons. The molecule has 0 saturated carbocycles. The summed E-state index contributed by atoms with van der Waals surface area (Å²) in [4.78, 5) is 88.3. The Morgan fingerprint density at radius 3 is 1.41 bits per heavy atom. The Hall–Kier alpha value is -7.59. The van der Waals surface area contributed by atoms with E-state index in [1.165, 1.54) is 42.6 Å². The fourth-order valence-electron chi connectivity index (χ4n) is 10.1. The van der Waals surface area contributed by atoms with Gasteiger partial charge >= 0.3 is 17.9 Å². The molecule has 2 spiro atoms. The number of ether oxygens (including phenoxy) is 6. The minimum Gasteiger partial charge on any atom is -0.491 e. The smallest absolute Gasteiger partial charge is 0.338 e. The number of Topliss-reactive ketones (excluding diaryl/α,β-unsaturated/α-hetero) is 4. The summed E-state index contributed by atoms with van der Waals surface area (Å²) in [7, 11) is 0. The van der Waals surface area contributed by atoms with Crippen molar-refractivity contribution >= 4 is 76.1 Å². The molecule has 18 nitrogen and oxygen atoms in total. The van der Waals surface area contributed by atoms with Gasteiger partial charge in [-0.15, -0.1) is 23.5 Å². The number of allylic oxidation sites excluding steroid dienone is 2. The summed E-state index contributed by atoms with van der Waals surface area (Å²) in [6, 6.07) is 36.3. The molecule has 0 amide bonds. The molecule has 2 aliphatic carbocycles. The number of likely N-dealkylation sites (tertiary alicyclic amines) is 2. The number of aliphatic hydroxyl groups excluding tert-OH is 2. The Morgan fingerprint density at radius 2 is 1.00 bits per heavy atom. The van der Waals surface area contributed by atoms with Crippen molar-refractivity contribution in [3.05, 3.63) is 176 Å². The summed E-state index contributed by atoms with van der Waals surface area (Å²) in [6.45, 7) is 7.46. The zero-order valence-corrected chi connectivity index (χ0v) is 46.2. The lowest BCUT2D eigenvalue weighted by Gasteiger charge is -2.38. The van der Waals surface area contributed by atoms with Gasteiger partial charge in [0.25, 0.3) is 0 Å². The van der Waals surface area contributed by atoms with E-state index >= 15 is 0 Å². The summed E-state index contributed by atoms with van der Waals surface area (Å²) >= 11 is 2.77. The quantitative estimate of drug-likeness (QED) is 0.0658. The Kier molecular flexibility index (Phi) is 21.3. The van der Waals surface area contributed by atoms with Crippen molar-refractivity contribution in [2.45, 2.75) is 71.6 Å². The van der Waals surface area contributed by atoms with Crippen molar-refractivity contribution in [3.8, 4) is 11.5 Å². The van der Waals surface area contributed by atoms with Crippen LogP contribution in [0.25, 0.3) is 11.5 Å². The molecular formula is C63H68N2O16S2. The molecule has 20 heteroatoms. The highest BCUT2D eigenvalue weighted by Crippen LogP contribution is 2.48. The van der Waals surface area contributed by atoms with Crippen LogP contribution in [0.5, 0.6) is 11.5 Å². The molecule has 4 heterocycles. The number of esters is 2. The number of carbonyl (C=O) groups is 7. The van der Waals surface area contributed by atoms with E-state index in [4.69, 9.17) is 28.8 Å². The first-order valence-electron chi connectivity index (χ1n) is 26.4. The second kappa shape index (κ2) is 28.1. The van der Waals surface area contributed by atoms with E-state index in [1.807, 2.05) is 54.6 Å². The SMILES string of the molecule is C.C.CCOC(C)=O.O=C1C(=O)c2ccccc2C2=C1SCC1(CCN(C[C@H](O)COc3ccc(C(=O)O)cc3)C1)O2.O=C1C(=O)c2ccccc2C2=C1SCC1(CCN(C[C@H](O)COc3ccc(C(=O)OCc4ccccc4)cc3)C1)O2. The summed E-state index contributed by atoms with van der Waals surface area (Å²) in [5.41, 5.74) is 2.61. The molecule has 11 rings (SSSR count). The number of carboxylic acid groups (broad SMARTS) is 1. The summed E-state index contributed by atoms with van der Waals surface area (Å²) < 4.78 is 34.1. The van der Waals surface area contributed by atoms with Crippen LogP contribution in [0.2, 0.25) is 0 Å². The third kappa shape index (κ3) is 15.2. The van der Waals surface area contributed by atoms with Gasteiger partial charge < -0.3 is 43.7 Å². The van der Waals surface area contributed by atoms with E-state index in [-0.39, 0.29) is 46.2 Å². The second-order valence-electron chi connectivity index (χ2n) is 20.1. The molecule has 3 N–H and O–H groups in total. The largest absolute Gasteiger partial charge is 0.491 e. The maximum Gasteiger partial charge on any atom is 0.338 e. The average Bonchev–Trinajstić information content (AvgIpc) is 2.41. The van der Waals surface area contributed by atoms with Gasteiger partial charge in [0, 0.05) is 92.8 Å². The molecular weight excluding hydrogens is 1100 g/mol. The molecule has 0 bridgehead atoms. The Balaban J connectivity index is 0.000000215. The van der Waals surface area contributed by atoms with Crippen molar-refractivity contribution in [2.75, 3.05) is 70.6 Å². The third-order valence-electron chi connectivity index (χ3n) is 14.0. The molecule has 2 unspecified atom stereocenters. The Morgan fingerprint density at radius 1 is 0.578 bits per heavy atom. The van der Waals surface area contributed by atoms with Crippen LogP contribution in [0.4, 0.5) is 0 Å². The number of carboxylic acids is 1. The summed E-state index contributed by atoms with van der Waals surface area (Å²) in [6.07, 6.45) is 0.0122. The highest BCUT2D eigenvalue weighted by molar-refractivity contribution is 8.04. The van der Waals surface area contributed by atoms with Gasteiger partial charge in [-0.1, -0.05) is 93.7 Å². The first kappa shape index (κ1) is 63.0. The fourth-order valence-corrected chi connectivity index (χ4v) is 12.5. The standard InChI is InChI=1S/C32H29NO7S.C25H23NO7S.C4H8O2.2CH4/c34-23(18-38-24-12-10-22(11-13-24)31(37)39-17-21-6-2-1-3-7-21)16-33-15-14-32(19-33)20-41-30-28(36)27(35)25-8-4-5-9-26(25)29(30)40-32;27-16(12-32-17-7-5-15(6-8-17)24(30)31)11-26-10-9-25(13-26)14-34-23-21(29)20(28)18-3-1-2-4-19(18)22(23)33-25;1-3-6-4(2)5;;/h1-13,23,34H,14-20H2;1-8,16,27H,9-14H2,(H,30,31);3H2,1-2H3;2*1H4/t23-,32?;16-,25?;;;/m00.../s1. The number of fused-ring (bicyclic) bond motifs is 4. The average molecular weight is 1170 g/mol. The van der Waals surface area contributed by atoms with Crippen LogP contribution in [0.1, 0.15) is 99.7 Å². The highest BCUT2D eigenvalue weighted by atomic mass is 32.2. The summed E-state index contributed by atoms with van der Waals surface area (Å²) in [5.74, 6) is -0.464. The summed E-state index contributed by atoms with van der Waals surface area (Å²) in [5, 5.41) is 30.1. The van der Waals surface area contributed by atoms with Crippen LogP contribution in [0.15, 0.2) is 137 Å².